The van der Waals surface area contributed by atoms with E-state index in [4.69, 9.17) is 0 Å². The highest BCUT2D eigenvalue weighted by Crippen LogP contribution is 2.26. The van der Waals surface area contributed by atoms with Crippen LogP contribution in [0.5, 0.6) is 0 Å². The Morgan fingerprint density at radius 1 is 1.28 bits per heavy atom. The lowest BCUT2D eigenvalue weighted by Gasteiger charge is -2.21. The number of rotatable bonds is 4. The first-order chi connectivity index (χ1) is 8.56. The van der Waals surface area contributed by atoms with E-state index in [1.807, 2.05) is 0 Å². The van der Waals surface area contributed by atoms with Crippen LogP contribution in [0.4, 0.5) is 4.39 Å². The summed E-state index contributed by atoms with van der Waals surface area (Å²) >= 11 is 0. The van der Waals surface area contributed by atoms with Gasteiger partial charge in [0.05, 0.1) is 11.1 Å². The van der Waals surface area contributed by atoms with Gasteiger partial charge in [-0.2, -0.15) is 0 Å². The Kier molecular flexibility index (Phi) is 3.23. The van der Waals surface area contributed by atoms with Gasteiger partial charge in [-0.3, -0.25) is 14.5 Å². The Hall–Kier alpha value is -2.04. The van der Waals surface area contributed by atoms with Crippen LogP contribution in [-0.4, -0.2) is 29.0 Å². The van der Waals surface area contributed by atoms with Crippen LogP contribution in [0.15, 0.2) is 18.2 Å². The van der Waals surface area contributed by atoms with E-state index in [0.29, 0.717) is 6.42 Å². The summed E-state index contributed by atoms with van der Waals surface area (Å²) in [6, 6.07) is 3.17. The highest BCUT2D eigenvalue weighted by Gasteiger charge is 2.38. The van der Waals surface area contributed by atoms with Crippen LogP contribution in [0.1, 0.15) is 40.5 Å². The first kappa shape index (κ1) is 12.4. The normalized spacial score (nSPS) is 15.8. The molecule has 0 saturated heterocycles. The average molecular weight is 249 g/mol. The number of fused-ring (bicyclic) bond motifs is 1. The fourth-order valence-electron chi connectivity index (χ4n) is 2.07. The largest absolute Gasteiger partial charge is 0.303 e. The van der Waals surface area contributed by atoms with Crippen molar-refractivity contribution in [3.63, 3.8) is 0 Å². The quantitative estimate of drug-likeness (QED) is 0.603. The molecule has 0 spiro atoms. The third kappa shape index (κ3) is 1.92. The van der Waals surface area contributed by atoms with Crippen LogP contribution in [0, 0.1) is 5.82 Å². The van der Waals surface area contributed by atoms with Gasteiger partial charge in [0.25, 0.3) is 11.8 Å². The van der Waals surface area contributed by atoms with Crippen molar-refractivity contribution in [1.29, 1.82) is 0 Å². The molecular weight excluding hydrogens is 237 g/mol. The first-order valence-electron chi connectivity index (χ1n) is 5.67. The fourth-order valence-corrected chi connectivity index (χ4v) is 2.07. The van der Waals surface area contributed by atoms with Gasteiger partial charge in [-0.15, -0.1) is 0 Å². The molecule has 2 rings (SSSR count). The Bertz CT molecular complexity index is 527. The van der Waals surface area contributed by atoms with Crippen LogP contribution in [0.25, 0.3) is 0 Å². The summed E-state index contributed by atoms with van der Waals surface area (Å²) in [5, 5.41) is 0. The lowest BCUT2D eigenvalue weighted by Crippen LogP contribution is -2.37. The number of benzene rings is 1. The zero-order valence-corrected chi connectivity index (χ0v) is 9.85. The molecular formula is C13H12FNO3. The van der Waals surface area contributed by atoms with Gasteiger partial charge in [0, 0.05) is 12.5 Å². The molecule has 94 valence electrons. The fraction of sp³-hybridized carbons (Fsp3) is 0.308. The minimum absolute atomic E-state index is 0.0953. The maximum Gasteiger partial charge on any atom is 0.261 e. The number of nitrogens with zero attached hydrogens (tertiary/aromatic N) is 1. The number of carbonyl (C=O) groups is 3. The Balaban J connectivity index is 2.30. The molecule has 0 aromatic heterocycles. The van der Waals surface area contributed by atoms with Crippen molar-refractivity contribution in [1.82, 2.24) is 4.90 Å². The van der Waals surface area contributed by atoms with Crippen molar-refractivity contribution in [2.75, 3.05) is 0 Å². The predicted molar refractivity (Wildman–Crippen MR) is 61.7 cm³/mol. The monoisotopic (exact) mass is 249 g/mol. The number of hydrogen-bond donors (Lipinski definition) is 0. The lowest BCUT2D eigenvalue weighted by atomic mass is 10.1. The summed E-state index contributed by atoms with van der Waals surface area (Å²) in [6.45, 7) is 1.70. The highest BCUT2D eigenvalue weighted by molar-refractivity contribution is 6.21. The molecule has 18 heavy (non-hydrogen) atoms. The third-order valence-electron chi connectivity index (χ3n) is 3.02. The van der Waals surface area contributed by atoms with E-state index in [1.54, 1.807) is 6.92 Å². The van der Waals surface area contributed by atoms with Gasteiger partial charge in [0.15, 0.2) is 0 Å². The molecule has 2 amide bonds. The lowest BCUT2D eigenvalue weighted by molar-refractivity contribution is -0.108. The smallest absolute Gasteiger partial charge is 0.261 e. The van der Waals surface area contributed by atoms with Gasteiger partial charge in [-0.1, -0.05) is 0 Å². The molecule has 5 heteroatoms. The maximum absolute atomic E-state index is 13.1. The molecule has 1 aromatic carbocycles. The van der Waals surface area contributed by atoms with E-state index in [2.05, 4.69) is 0 Å². The Morgan fingerprint density at radius 2 is 1.94 bits per heavy atom. The summed E-state index contributed by atoms with van der Waals surface area (Å²) in [5.41, 5.74) is 0.317. The number of imide groups is 1. The molecule has 1 aromatic rings. The third-order valence-corrected chi connectivity index (χ3v) is 3.02. The standard InChI is InChI=1S/C13H12FNO3/c1-8(3-2-6-16)15-12(17)10-5-4-9(14)7-11(10)13(15)18/h4-8H,2-3H2,1H3. The average Bonchev–Trinajstić information content (AvgIpc) is 2.59. The van der Waals surface area contributed by atoms with Crippen molar-refractivity contribution in [2.24, 2.45) is 0 Å². The van der Waals surface area contributed by atoms with Crippen molar-refractivity contribution in [3.05, 3.63) is 35.1 Å². The second-order valence-electron chi connectivity index (χ2n) is 4.26. The number of halogens is 1. The van der Waals surface area contributed by atoms with Crippen molar-refractivity contribution in [3.8, 4) is 0 Å². The number of amides is 2. The second-order valence-corrected chi connectivity index (χ2v) is 4.26. The van der Waals surface area contributed by atoms with Crippen LogP contribution in [0.3, 0.4) is 0 Å². The molecule has 1 atom stereocenters. The molecule has 1 aliphatic heterocycles. The van der Waals surface area contributed by atoms with Gasteiger partial charge in [-0.25, -0.2) is 4.39 Å². The molecule has 0 fully saturated rings. The van der Waals surface area contributed by atoms with Crippen LogP contribution < -0.4 is 0 Å². The zero-order chi connectivity index (χ0) is 13.3. The topological polar surface area (TPSA) is 54.5 Å². The molecule has 1 heterocycles. The van der Waals surface area contributed by atoms with Gasteiger partial charge < -0.3 is 4.79 Å². The van der Waals surface area contributed by atoms with E-state index in [0.717, 1.165) is 23.3 Å². The summed E-state index contributed by atoms with van der Waals surface area (Å²) in [7, 11) is 0. The molecule has 0 N–H and O–H groups in total. The van der Waals surface area contributed by atoms with Crippen LogP contribution in [0.2, 0.25) is 0 Å². The van der Waals surface area contributed by atoms with Crippen molar-refractivity contribution in [2.45, 2.75) is 25.8 Å². The summed E-state index contributed by atoms with van der Waals surface area (Å²) < 4.78 is 13.1. The molecule has 1 unspecified atom stereocenters. The van der Waals surface area contributed by atoms with Crippen LogP contribution >= 0.6 is 0 Å². The molecule has 0 bridgehead atoms. The highest BCUT2D eigenvalue weighted by atomic mass is 19.1. The summed E-state index contributed by atoms with van der Waals surface area (Å²) in [4.78, 5) is 35.4. The Labute approximate surface area is 103 Å². The van der Waals surface area contributed by atoms with Gasteiger partial charge in [-0.05, 0) is 31.5 Å². The van der Waals surface area contributed by atoms with Crippen molar-refractivity contribution >= 4 is 18.1 Å². The molecule has 0 saturated carbocycles. The van der Waals surface area contributed by atoms with E-state index >= 15 is 0 Å². The van der Waals surface area contributed by atoms with Gasteiger partial charge in [0.1, 0.15) is 12.1 Å². The second kappa shape index (κ2) is 4.68. The van der Waals surface area contributed by atoms with E-state index < -0.39 is 17.6 Å². The Morgan fingerprint density at radius 3 is 2.61 bits per heavy atom. The first-order valence-corrected chi connectivity index (χ1v) is 5.67. The van der Waals surface area contributed by atoms with E-state index in [9.17, 15) is 18.8 Å². The van der Waals surface area contributed by atoms with Gasteiger partial charge in [0.2, 0.25) is 0 Å². The summed E-state index contributed by atoms with van der Waals surface area (Å²) in [6.07, 6.45) is 1.44. The zero-order valence-electron chi connectivity index (χ0n) is 9.85. The molecule has 0 radical (unpaired) electrons. The molecule has 0 aliphatic carbocycles. The SMILES string of the molecule is CC(CCC=O)N1C(=O)c2ccc(F)cc2C1=O. The predicted octanol–water partition coefficient (Wildman–Crippen LogP) is 1.79. The minimum Gasteiger partial charge on any atom is -0.303 e. The van der Waals surface area contributed by atoms with Crippen molar-refractivity contribution < 1.29 is 18.8 Å². The van der Waals surface area contributed by atoms with Gasteiger partial charge >= 0.3 is 0 Å². The maximum atomic E-state index is 13.1. The molecule has 4 nitrogen and oxygen atoms in total. The summed E-state index contributed by atoms with van der Waals surface area (Å²) in [5.74, 6) is -1.46. The van der Waals surface area contributed by atoms with Crippen LogP contribution in [-0.2, 0) is 4.79 Å². The minimum atomic E-state index is -0.544. The number of hydrogen-bond acceptors (Lipinski definition) is 3. The van der Waals surface area contributed by atoms with E-state index in [-0.39, 0.29) is 23.6 Å². The molecule has 1 aliphatic rings. The number of aldehydes is 1. The number of carbonyl (C=O) groups excluding carboxylic acids is 3. The van der Waals surface area contributed by atoms with E-state index in [1.165, 1.54) is 6.07 Å².